The van der Waals surface area contributed by atoms with Gasteiger partial charge in [0.1, 0.15) is 5.82 Å². The Balaban J connectivity index is 1.70. The highest BCUT2D eigenvalue weighted by molar-refractivity contribution is 7.89. The predicted molar refractivity (Wildman–Crippen MR) is 119 cm³/mol. The molecular formula is C23H25FN4O2S. The number of anilines is 1. The van der Waals surface area contributed by atoms with Gasteiger partial charge in [-0.1, -0.05) is 30.3 Å². The van der Waals surface area contributed by atoms with E-state index in [1.807, 2.05) is 55.5 Å². The van der Waals surface area contributed by atoms with Gasteiger partial charge in [0.05, 0.1) is 10.6 Å². The van der Waals surface area contributed by atoms with E-state index in [9.17, 15) is 12.8 Å². The van der Waals surface area contributed by atoms with Gasteiger partial charge in [0.15, 0.2) is 0 Å². The summed E-state index contributed by atoms with van der Waals surface area (Å²) < 4.78 is 41.1. The zero-order valence-corrected chi connectivity index (χ0v) is 18.4. The first kappa shape index (κ1) is 21.4. The summed E-state index contributed by atoms with van der Waals surface area (Å²) in [6.07, 6.45) is 3.38. The molecule has 8 heteroatoms. The number of sulfonamides is 1. The molecule has 4 rings (SSSR count). The topological polar surface area (TPSA) is 66.4 Å². The molecule has 31 heavy (non-hydrogen) atoms. The molecule has 2 aromatic carbocycles. The van der Waals surface area contributed by atoms with Crippen LogP contribution < -0.4 is 4.90 Å². The van der Waals surface area contributed by atoms with Crippen LogP contribution in [0.4, 0.5) is 10.3 Å². The van der Waals surface area contributed by atoms with Crippen molar-refractivity contribution in [1.82, 2.24) is 14.3 Å². The Labute approximate surface area is 182 Å². The summed E-state index contributed by atoms with van der Waals surface area (Å²) in [6, 6.07) is 14.9. The van der Waals surface area contributed by atoms with Crippen LogP contribution in [-0.4, -0.2) is 49.9 Å². The third kappa shape index (κ3) is 4.45. The minimum absolute atomic E-state index is 0.0686. The third-order valence-electron chi connectivity index (χ3n) is 5.51. The summed E-state index contributed by atoms with van der Waals surface area (Å²) in [7, 11) is 0.0540. The molecular weight excluding hydrogens is 415 g/mol. The van der Waals surface area contributed by atoms with E-state index in [1.54, 1.807) is 0 Å². The number of rotatable bonds is 5. The SMILES string of the molecule is CN(C)c1ncc(-c2ccccc2)c([C@@H]2CCCN(S(=O)(=O)c3ccc(F)cc3)C2)n1. The van der Waals surface area contributed by atoms with Crippen molar-refractivity contribution in [2.75, 3.05) is 32.1 Å². The van der Waals surface area contributed by atoms with Crippen molar-refractivity contribution >= 4 is 16.0 Å². The van der Waals surface area contributed by atoms with Gasteiger partial charge >= 0.3 is 0 Å². The standard InChI is InChI=1S/C23H25FN4O2S/c1-27(2)23-25-15-21(17-7-4-3-5-8-17)22(26-23)18-9-6-14-28(16-18)31(29,30)20-12-10-19(24)11-13-20/h3-5,7-8,10-13,15,18H,6,9,14,16H2,1-2H3/t18-/m1/s1. The summed E-state index contributed by atoms with van der Waals surface area (Å²) >= 11 is 0. The molecule has 162 valence electrons. The third-order valence-corrected chi connectivity index (χ3v) is 7.39. The second kappa shape index (κ2) is 8.72. The molecule has 0 aliphatic carbocycles. The summed E-state index contributed by atoms with van der Waals surface area (Å²) in [5.74, 6) is 0.0641. The monoisotopic (exact) mass is 440 g/mol. The van der Waals surface area contributed by atoms with Crippen molar-refractivity contribution in [3.05, 3.63) is 72.3 Å². The minimum Gasteiger partial charge on any atom is -0.347 e. The fraction of sp³-hybridized carbons (Fsp3) is 0.304. The molecule has 0 radical (unpaired) electrons. The number of aromatic nitrogens is 2. The van der Waals surface area contributed by atoms with E-state index in [4.69, 9.17) is 4.98 Å². The lowest BCUT2D eigenvalue weighted by atomic mass is 9.91. The van der Waals surface area contributed by atoms with E-state index in [1.165, 1.54) is 28.6 Å². The van der Waals surface area contributed by atoms with E-state index in [0.29, 0.717) is 19.0 Å². The van der Waals surface area contributed by atoms with Crippen LogP contribution in [0.15, 0.2) is 65.7 Å². The normalized spacial score (nSPS) is 17.5. The number of hydrogen-bond acceptors (Lipinski definition) is 5. The first-order chi connectivity index (χ1) is 14.9. The van der Waals surface area contributed by atoms with Gasteiger partial charge in [0.2, 0.25) is 16.0 Å². The number of benzene rings is 2. The van der Waals surface area contributed by atoms with Crippen LogP contribution in [-0.2, 0) is 10.0 Å². The van der Waals surface area contributed by atoms with Gasteiger partial charge in [-0.25, -0.2) is 22.8 Å². The molecule has 1 aliphatic heterocycles. The number of halogens is 1. The van der Waals surface area contributed by atoms with Crippen LogP contribution in [0, 0.1) is 5.82 Å². The Hall–Kier alpha value is -2.84. The maximum atomic E-state index is 13.3. The van der Waals surface area contributed by atoms with Crippen LogP contribution in [0.5, 0.6) is 0 Å². The molecule has 1 saturated heterocycles. The Morgan fingerprint density at radius 1 is 1.06 bits per heavy atom. The largest absolute Gasteiger partial charge is 0.347 e. The summed E-state index contributed by atoms with van der Waals surface area (Å²) in [5.41, 5.74) is 2.77. The smallest absolute Gasteiger partial charge is 0.243 e. The van der Waals surface area contributed by atoms with Gasteiger partial charge in [0, 0.05) is 44.9 Å². The zero-order valence-electron chi connectivity index (χ0n) is 17.6. The lowest BCUT2D eigenvalue weighted by Crippen LogP contribution is -2.39. The van der Waals surface area contributed by atoms with Gasteiger partial charge < -0.3 is 4.90 Å². The minimum atomic E-state index is -3.71. The predicted octanol–water partition coefficient (Wildman–Crippen LogP) is 3.92. The average Bonchev–Trinajstić information content (AvgIpc) is 2.79. The van der Waals surface area contributed by atoms with Crippen molar-refractivity contribution in [3.63, 3.8) is 0 Å². The van der Waals surface area contributed by atoms with Crippen LogP contribution in [0.25, 0.3) is 11.1 Å². The van der Waals surface area contributed by atoms with E-state index < -0.39 is 15.8 Å². The second-order valence-corrected chi connectivity index (χ2v) is 9.82. The molecule has 3 aromatic rings. The highest BCUT2D eigenvalue weighted by Gasteiger charge is 2.33. The van der Waals surface area contributed by atoms with E-state index in [-0.39, 0.29) is 10.8 Å². The lowest BCUT2D eigenvalue weighted by molar-refractivity contribution is 0.313. The summed E-state index contributed by atoms with van der Waals surface area (Å²) in [5, 5.41) is 0. The maximum Gasteiger partial charge on any atom is 0.243 e. The van der Waals surface area contributed by atoms with E-state index in [0.717, 1.165) is 29.7 Å². The summed E-state index contributed by atoms with van der Waals surface area (Å²) in [6.45, 7) is 0.756. The number of piperidine rings is 1. The van der Waals surface area contributed by atoms with Crippen LogP contribution in [0.3, 0.4) is 0 Å². The molecule has 0 unspecified atom stereocenters. The van der Waals surface area contributed by atoms with Crippen molar-refractivity contribution < 1.29 is 12.8 Å². The Morgan fingerprint density at radius 3 is 2.45 bits per heavy atom. The molecule has 0 bridgehead atoms. The first-order valence-corrected chi connectivity index (χ1v) is 11.7. The second-order valence-electron chi connectivity index (χ2n) is 7.89. The number of hydrogen-bond donors (Lipinski definition) is 0. The molecule has 0 saturated carbocycles. The quantitative estimate of drug-likeness (QED) is 0.602. The molecule has 1 aromatic heterocycles. The molecule has 0 N–H and O–H groups in total. The van der Waals surface area contributed by atoms with Gasteiger partial charge in [-0.15, -0.1) is 0 Å². The Kier molecular flexibility index (Phi) is 6.02. The van der Waals surface area contributed by atoms with E-state index in [2.05, 4.69) is 4.98 Å². The summed E-state index contributed by atoms with van der Waals surface area (Å²) in [4.78, 5) is 11.2. The van der Waals surface area contributed by atoms with Gasteiger partial charge in [-0.2, -0.15) is 4.31 Å². The molecule has 1 aliphatic rings. The fourth-order valence-corrected chi connectivity index (χ4v) is 5.42. The fourth-order valence-electron chi connectivity index (χ4n) is 3.89. The molecule has 2 heterocycles. The molecule has 0 spiro atoms. The van der Waals surface area contributed by atoms with Gasteiger partial charge in [0.25, 0.3) is 0 Å². The molecule has 1 atom stereocenters. The Bertz CT molecular complexity index is 1150. The zero-order chi connectivity index (χ0) is 22.0. The Morgan fingerprint density at radius 2 is 1.77 bits per heavy atom. The van der Waals surface area contributed by atoms with Crippen LogP contribution in [0.2, 0.25) is 0 Å². The maximum absolute atomic E-state index is 13.3. The molecule has 0 amide bonds. The van der Waals surface area contributed by atoms with Gasteiger partial charge in [-0.3, -0.25) is 0 Å². The van der Waals surface area contributed by atoms with Crippen molar-refractivity contribution in [2.24, 2.45) is 0 Å². The highest BCUT2D eigenvalue weighted by Crippen LogP contribution is 2.35. The molecule has 6 nitrogen and oxygen atoms in total. The number of nitrogens with zero attached hydrogens (tertiary/aromatic N) is 4. The van der Waals surface area contributed by atoms with Crippen LogP contribution in [0.1, 0.15) is 24.5 Å². The first-order valence-electron chi connectivity index (χ1n) is 10.2. The van der Waals surface area contributed by atoms with Crippen molar-refractivity contribution in [3.8, 4) is 11.1 Å². The van der Waals surface area contributed by atoms with Crippen molar-refractivity contribution in [2.45, 2.75) is 23.7 Å². The van der Waals surface area contributed by atoms with Crippen LogP contribution >= 0.6 is 0 Å². The molecule has 1 fully saturated rings. The lowest BCUT2D eigenvalue weighted by Gasteiger charge is -2.32. The van der Waals surface area contributed by atoms with Gasteiger partial charge in [-0.05, 0) is 42.7 Å². The average molecular weight is 441 g/mol. The van der Waals surface area contributed by atoms with E-state index >= 15 is 0 Å². The highest BCUT2D eigenvalue weighted by atomic mass is 32.2. The van der Waals surface area contributed by atoms with Crippen molar-refractivity contribution in [1.29, 1.82) is 0 Å².